The molecule has 1 unspecified atom stereocenters. The van der Waals surface area contributed by atoms with Crippen LogP contribution >= 0.6 is 11.3 Å². The third-order valence-corrected chi connectivity index (χ3v) is 2.91. The summed E-state index contributed by atoms with van der Waals surface area (Å²) in [6, 6.07) is 3.74. The maximum Gasteiger partial charge on any atom is 0.389 e. The molecule has 5 heteroatoms. The Morgan fingerprint density at radius 2 is 2.13 bits per heavy atom. The van der Waals surface area contributed by atoms with E-state index < -0.39 is 18.7 Å². The molecule has 15 heavy (non-hydrogen) atoms. The molecule has 0 radical (unpaired) electrons. The number of aliphatic hydroxyl groups excluding tert-OH is 1. The first-order valence-electron chi connectivity index (χ1n) is 4.74. The highest BCUT2D eigenvalue weighted by atomic mass is 32.1. The number of alkyl halides is 3. The topological polar surface area (TPSA) is 20.2 Å². The average molecular weight is 238 g/mol. The lowest BCUT2D eigenvalue weighted by molar-refractivity contribution is -0.136. The summed E-state index contributed by atoms with van der Waals surface area (Å²) in [5.41, 5.74) is 0. The van der Waals surface area contributed by atoms with E-state index in [0.29, 0.717) is 6.42 Å². The molecule has 86 valence electrons. The molecule has 1 aromatic heterocycles. The molecule has 0 bridgehead atoms. The van der Waals surface area contributed by atoms with Crippen molar-refractivity contribution in [1.29, 1.82) is 0 Å². The Morgan fingerprint density at radius 3 is 2.67 bits per heavy atom. The number of hydrogen-bond donors (Lipinski definition) is 1. The van der Waals surface area contributed by atoms with E-state index in [1.54, 1.807) is 0 Å². The van der Waals surface area contributed by atoms with Crippen molar-refractivity contribution < 1.29 is 18.3 Å². The fourth-order valence-corrected chi connectivity index (χ4v) is 2.08. The van der Waals surface area contributed by atoms with Crippen LogP contribution in [0.5, 0.6) is 0 Å². The largest absolute Gasteiger partial charge is 0.393 e. The van der Waals surface area contributed by atoms with Gasteiger partial charge in [-0.15, -0.1) is 11.3 Å². The summed E-state index contributed by atoms with van der Waals surface area (Å²) in [4.78, 5) is 1.01. The van der Waals surface area contributed by atoms with E-state index in [1.807, 2.05) is 17.5 Å². The van der Waals surface area contributed by atoms with Gasteiger partial charge in [-0.25, -0.2) is 0 Å². The lowest BCUT2D eigenvalue weighted by atomic mass is 10.1. The minimum atomic E-state index is -4.11. The Morgan fingerprint density at radius 1 is 1.40 bits per heavy atom. The molecule has 0 aliphatic heterocycles. The van der Waals surface area contributed by atoms with Gasteiger partial charge in [0.2, 0.25) is 0 Å². The molecule has 0 aliphatic carbocycles. The zero-order valence-corrected chi connectivity index (χ0v) is 8.94. The summed E-state index contributed by atoms with van der Waals surface area (Å²) in [6.45, 7) is 0. The van der Waals surface area contributed by atoms with E-state index in [1.165, 1.54) is 11.3 Å². The molecule has 1 nitrogen and oxygen atoms in total. The van der Waals surface area contributed by atoms with Crippen LogP contribution in [0.3, 0.4) is 0 Å². The highest BCUT2D eigenvalue weighted by Gasteiger charge is 2.26. The van der Waals surface area contributed by atoms with Gasteiger partial charge in [-0.2, -0.15) is 13.2 Å². The number of thiophene rings is 1. The summed E-state index contributed by atoms with van der Waals surface area (Å²) in [7, 11) is 0. The van der Waals surface area contributed by atoms with Crippen LogP contribution in [0, 0.1) is 0 Å². The van der Waals surface area contributed by atoms with Crippen molar-refractivity contribution in [2.45, 2.75) is 38.0 Å². The molecule has 0 spiro atoms. The van der Waals surface area contributed by atoms with Crippen molar-refractivity contribution in [1.82, 2.24) is 0 Å². The smallest absolute Gasteiger partial charge is 0.389 e. The maximum atomic E-state index is 11.8. The second-order valence-electron chi connectivity index (χ2n) is 3.44. The van der Waals surface area contributed by atoms with Crippen LogP contribution in [0.15, 0.2) is 17.5 Å². The van der Waals surface area contributed by atoms with Crippen LogP contribution in [0.1, 0.15) is 24.1 Å². The third kappa shape index (κ3) is 5.79. The molecule has 1 rings (SSSR count). The Labute approximate surface area is 90.6 Å². The monoisotopic (exact) mass is 238 g/mol. The Bertz CT molecular complexity index is 269. The van der Waals surface area contributed by atoms with Gasteiger partial charge in [0, 0.05) is 17.7 Å². The summed E-state index contributed by atoms with van der Waals surface area (Å²) >= 11 is 1.51. The van der Waals surface area contributed by atoms with Gasteiger partial charge in [0.05, 0.1) is 6.10 Å². The van der Waals surface area contributed by atoms with Crippen LogP contribution in [0.25, 0.3) is 0 Å². The first kappa shape index (κ1) is 12.5. The molecular formula is C10H13F3OS. The van der Waals surface area contributed by atoms with Gasteiger partial charge in [-0.1, -0.05) is 6.07 Å². The Hall–Kier alpha value is -0.550. The molecule has 0 saturated carbocycles. The molecular weight excluding hydrogens is 225 g/mol. The fraction of sp³-hybridized carbons (Fsp3) is 0.600. The average Bonchev–Trinajstić information content (AvgIpc) is 2.54. The maximum absolute atomic E-state index is 11.8. The van der Waals surface area contributed by atoms with Crippen molar-refractivity contribution in [2.24, 2.45) is 0 Å². The van der Waals surface area contributed by atoms with E-state index in [2.05, 4.69) is 0 Å². The van der Waals surface area contributed by atoms with Crippen molar-refractivity contribution >= 4 is 11.3 Å². The first-order chi connectivity index (χ1) is 6.97. The molecule has 1 atom stereocenters. The molecule has 1 N–H and O–H groups in total. The van der Waals surface area contributed by atoms with E-state index in [0.717, 1.165) is 4.88 Å². The standard InChI is InChI=1S/C10H13F3OS/c11-10(12,13)5-1-3-8(14)7-9-4-2-6-15-9/h2,4,6,8,14H,1,3,5,7H2. The fourth-order valence-electron chi connectivity index (χ4n) is 1.30. The van der Waals surface area contributed by atoms with E-state index in [4.69, 9.17) is 0 Å². The van der Waals surface area contributed by atoms with Crippen molar-refractivity contribution in [3.8, 4) is 0 Å². The third-order valence-electron chi connectivity index (χ3n) is 2.01. The van der Waals surface area contributed by atoms with Crippen molar-refractivity contribution in [3.63, 3.8) is 0 Å². The van der Waals surface area contributed by atoms with Gasteiger partial charge in [0.25, 0.3) is 0 Å². The molecule has 1 heterocycles. The number of hydrogen-bond acceptors (Lipinski definition) is 2. The van der Waals surface area contributed by atoms with E-state index in [-0.39, 0.29) is 12.8 Å². The first-order valence-corrected chi connectivity index (χ1v) is 5.62. The molecule has 0 amide bonds. The molecule has 1 aromatic rings. The van der Waals surface area contributed by atoms with Gasteiger partial charge in [-0.3, -0.25) is 0 Å². The summed E-state index contributed by atoms with van der Waals surface area (Å²) in [5, 5.41) is 11.3. The van der Waals surface area contributed by atoms with Crippen LogP contribution in [-0.4, -0.2) is 17.4 Å². The summed E-state index contributed by atoms with van der Waals surface area (Å²) < 4.78 is 35.4. The molecule has 0 saturated heterocycles. The lowest BCUT2D eigenvalue weighted by Crippen LogP contribution is -2.12. The zero-order chi connectivity index (χ0) is 11.3. The molecule has 0 aromatic carbocycles. The van der Waals surface area contributed by atoms with E-state index >= 15 is 0 Å². The quantitative estimate of drug-likeness (QED) is 0.833. The SMILES string of the molecule is OC(CCCC(F)(F)F)Cc1cccs1. The summed E-state index contributed by atoms with van der Waals surface area (Å²) in [5.74, 6) is 0. The van der Waals surface area contributed by atoms with E-state index in [9.17, 15) is 18.3 Å². The second kappa shape index (κ2) is 5.51. The molecule has 0 aliphatic rings. The molecule has 0 fully saturated rings. The van der Waals surface area contributed by atoms with Gasteiger partial charge in [-0.05, 0) is 24.3 Å². The highest BCUT2D eigenvalue weighted by molar-refractivity contribution is 7.09. The predicted molar refractivity (Wildman–Crippen MR) is 53.9 cm³/mol. The van der Waals surface area contributed by atoms with Gasteiger partial charge < -0.3 is 5.11 Å². The lowest BCUT2D eigenvalue weighted by Gasteiger charge is -2.10. The van der Waals surface area contributed by atoms with Gasteiger partial charge in [0.15, 0.2) is 0 Å². The van der Waals surface area contributed by atoms with Gasteiger partial charge in [0.1, 0.15) is 0 Å². The van der Waals surface area contributed by atoms with Crippen LogP contribution < -0.4 is 0 Å². The van der Waals surface area contributed by atoms with Crippen LogP contribution in [-0.2, 0) is 6.42 Å². The Kier molecular flexibility index (Phi) is 4.60. The Balaban J connectivity index is 2.17. The summed E-state index contributed by atoms with van der Waals surface area (Å²) in [6.07, 6.45) is -4.92. The van der Waals surface area contributed by atoms with Gasteiger partial charge >= 0.3 is 6.18 Å². The highest BCUT2D eigenvalue weighted by Crippen LogP contribution is 2.23. The number of aliphatic hydroxyl groups is 1. The van der Waals surface area contributed by atoms with Crippen molar-refractivity contribution in [3.05, 3.63) is 22.4 Å². The van der Waals surface area contributed by atoms with Crippen LogP contribution in [0.2, 0.25) is 0 Å². The number of halogens is 3. The number of rotatable bonds is 5. The second-order valence-corrected chi connectivity index (χ2v) is 4.48. The minimum Gasteiger partial charge on any atom is -0.393 e. The predicted octanol–water partition coefficient (Wildman–Crippen LogP) is 3.38. The minimum absolute atomic E-state index is 0.00393. The van der Waals surface area contributed by atoms with Crippen LogP contribution in [0.4, 0.5) is 13.2 Å². The van der Waals surface area contributed by atoms with Crippen molar-refractivity contribution in [2.75, 3.05) is 0 Å². The normalized spacial score (nSPS) is 14.1. The zero-order valence-electron chi connectivity index (χ0n) is 8.13.